The molecule has 0 aliphatic rings. The molecule has 1 rings (SSSR count). The predicted molar refractivity (Wildman–Crippen MR) is 45.9 cm³/mol. The standard InChI is InChI=1S/C8H10FNS/c1-2-10-11-8-5-3-7(9)4-6-8/h3-6,10H,2H2,1H3. The van der Waals surface area contributed by atoms with Gasteiger partial charge in [-0.25, -0.2) is 4.39 Å². The molecule has 0 atom stereocenters. The quantitative estimate of drug-likeness (QED) is 0.701. The summed E-state index contributed by atoms with van der Waals surface area (Å²) in [6, 6.07) is 6.42. The van der Waals surface area contributed by atoms with Gasteiger partial charge >= 0.3 is 0 Å². The van der Waals surface area contributed by atoms with E-state index in [9.17, 15) is 4.39 Å². The first-order chi connectivity index (χ1) is 5.33. The van der Waals surface area contributed by atoms with Gasteiger partial charge < -0.3 is 0 Å². The third-order valence-electron chi connectivity index (χ3n) is 1.15. The first kappa shape index (κ1) is 8.56. The Hall–Kier alpha value is -0.540. The smallest absolute Gasteiger partial charge is 0.123 e. The van der Waals surface area contributed by atoms with Gasteiger partial charge in [0.15, 0.2) is 0 Å². The SMILES string of the molecule is CCNSc1ccc(F)cc1. The van der Waals surface area contributed by atoms with E-state index in [0.717, 1.165) is 11.4 Å². The first-order valence-corrected chi connectivity index (χ1v) is 4.30. The zero-order chi connectivity index (χ0) is 8.10. The lowest BCUT2D eigenvalue weighted by Gasteiger charge is -1.99. The molecule has 0 aliphatic heterocycles. The molecule has 0 aliphatic carbocycles. The molecule has 1 nitrogen and oxygen atoms in total. The largest absolute Gasteiger partial charge is 0.260 e. The van der Waals surface area contributed by atoms with Crippen molar-refractivity contribution in [3.05, 3.63) is 30.1 Å². The normalized spacial score (nSPS) is 10.0. The summed E-state index contributed by atoms with van der Waals surface area (Å²) >= 11 is 1.51. The van der Waals surface area contributed by atoms with Crippen molar-refractivity contribution in [2.45, 2.75) is 11.8 Å². The van der Waals surface area contributed by atoms with Crippen molar-refractivity contribution in [3.8, 4) is 0 Å². The summed E-state index contributed by atoms with van der Waals surface area (Å²) in [5.41, 5.74) is 0. The summed E-state index contributed by atoms with van der Waals surface area (Å²) in [4.78, 5) is 1.04. The third-order valence-corrected chi connectivity index (χ3v) is 2.09. The zero-order valence-electron chi connectivity index (χ0n) is 6.30. The van der Waals surface area contributed by atoms with E-state index in [0.29, 0.717) is 0 Å². The molecule has 0 fully saturated rings. The highest BCUT2D eigenvalue weighted by atomic mass is 32.2. The van der Waals surface area contributed by atoms with E-state index in [1.165, 1.54) is 24.1 Å². The van der Waals surface area contributed by atoms with E-state index in [4.69, 9.17) is 0 Å². The Labute approximate surface area is 70.1 Å². The van der Waals surface area contributed by atoms with Gasteiger partial charge in [-0.1, -0.05) is 6.92 Å². The molecule has 1 aromatic rings. The maximum atomic E-state index is 12.4. The number of rotatable bonds is 3. The van der Waals surface area contributed by atoms with Crippen LogP contribution >= 0.6 is 11.9 Å². The van der Waals surface area contributed by atoms with Crippen LogP contribution in [-0.4, -0.2) is 6.54 Å². The van der Waals surface area contributed by atoms with Crippen LogP contribution in [0.1, 0.15) is 6.92 Å². The van der Waals surface area contributed by atoms with Crippen LogP contribution in [0.2, 0.25) is 0 Å². The lowest BCUT2D eigenvalue weighted by atomic mass is 10.4. The molecule has 0 saturated carbocycles. The van der Waals surface area contributed by atoms with Gasteiger partial charge in [-0.05, 0) is 36.2 Å². The number of nitrogens with one attached hydrogen (secondary N) is 1. The van der Waals surface area contributed by atoms with Crippen LogP contribution in [-0.2, 0) is 0 Å². The lowest BCUT2D eigenvalue weighted by molar-refractivity contribution is 0.626. The first-order valence-electron chi connectivity index (χ1n) is 3.48. The fraction of sp³-hybridized carbons (Fsp3) is 0.250. The summed E-state index contributed by atoms with van der Waals surface area (Å²) in [6.45, 7) is 2.93. The van der Waals surface area contributed by atoms with E-state index in [2.05, 4.69) is 4.72 Å². The molecule has 0 heterocycles. The highest BCUT2D eigenvalue weighted by molar-refractivity contribution is 7.97. The molecule has 0 unspecified atom stereocenters. The lowest BCUT2D eigenvalue weighted by Crippen LogP contribution is -1.99. The maximum absolute atomic E-state index is 12.4. The van der Waals surface area contributed by atoms with Gasteiger partial charge in [-0.3, -0.25) is 4.72 Å². The molecule has 0 radical (unpaired) electrons. The molecule has 0 spiro atoms. The van der Waals surface area contributed by atoms with Crippen molar-refractivity contribution >= 4 is 11.9 Å². The predicted octanol–water partition coefficient (Wildman–Crippen LogP) is 2.44. The molecule has 0 saturated heterocycles. The highest BCUT2D eigenvalue weighted by Crippen LogP contribution is 2.13. The monoisotopic (exact) mass is 171 g/mol. The van der Waals surface area contributed by atoms with E-state index >= 15 is 0 Å². The minimum atomic E-state index is -0.189. The molecular weight excluding hydrogens is 161 g/mol. The van der Waals surface area contributed by atoms with Crippen LogP contribution in [0.5, 0.6) is 0 Å². The molecule has 0 bridgehead atoms. The Morgan fingerprint density at radius 3 is 2.55 bits per heavy atom. The van der Waals surface area contributed by atoms with Crippen molar-refractivity contribution in [3.63, 3.8) is 0 Å². The molecule has 0 amide bonds. The van der Waals surface area contributed by atoms with Crippen LogP contribution < -0.4 is 4.72 Å². The van der Waals surface area contributed by atoms with Gasteiger partial charge in [0.2, 0.25) is 0 Å². The zero-order valence-corrected chi connectivity index (χ0v) is 7.12. The fourth-order valence-electron chi connectivity index (χ4n) is 0.658. The van der Waals surface area contributed by atoms with Crippen molar-refractivity contribution in [2.24, 2.45) is 0 Å². The number of halogens is 1. The van der Waals surface area contributed by atoms with E-state index in [1.54, 1.807) is 12.1 Å². The van der Waals surface area contributed by atoms with Gasteiger partial charge in [0, 0.05) is 11.4 Å². The van der Waals surface area contributed by atoms with Gasteiger partial charge in [0.25, 0.3) is 0 Å². The van der Waals surface area contributed by atoms with Crippen molar-refractivity contribution in [1.82, 2.24) is 4.72 Å². The average molecular weight is 171 g/mol. The fourth-order valence-corrected chi connectivity index (χ4v) is 1.24. The molecule has 11 heavy (non-hydrogen) atoms. The second kappa shape index (κ2) is 4.36. The van der Waals surface area contributed by atoms with Crippen molar-refractivity contribution in [2.75, 3.05) is 6.54 Å². The van der Waals surface area contributed by atoms with Crippen LogP contribution in [0.3, 0.4) is 0 Å². The molecule has 60 valence electrons. The van der Waals surface area contributed by atoms with Crippen molar-refractivity contribution in [1.29, 1.82) is 0 Å². The second-order valence-electron chi connectivity index (χ2n) is 2.05. The Bertz CT molecular complexity index is 210. The third kappa shape index (κ3) is 2.91. The molecule has 3 heteroatoms. The number of benzene rings is 1. The number of hydrogen-bond donors (Lipinski definition) is 1. The summed E-state index contributed by atoms with van der Waals surface area (Å²) in [7, 11) is 0. The Balaban J connectivity index is 2.52. The van der Waals surface area contributed by atoms with Crippen LogP contribution in [0.25, 0.3) is 0 Å². The maximum Gasteiger partial charge on any atom is 0.123 e. The summed E-state index contributed by atoms with van der Waals surface area (Å²) in [5.74, 6) is -0.189. The minimum Gasteiger partial charge on any atom is -0.260 e. The molecule has 1 N–H and O–H groups in total. The van der Waals surface area contributed by atoms with E-state index in [-0.39, 0.29) is 5.82 Å². The van der Waals surface area contributed by atoms with Gasteiger partial charge in [-0.2, -0.15) is 0 Å². The van der Waals surface area contributed by atoms with Gasteiger partial charge in [0.05, 0.1) is 0 Å². The molecule has 0 aromatic heterocycles. The van der Waals surface area contributed by atoms with E-state index < -0.39 is 0 Å². The van der Waals surface area contributed by atoms with Crippen molar-refractivity contribution < 1.29 is 4.39 Å². The summed E-state index contributed by atoms with van der Waals surface area (Å²) in [6.07, 6.45) is 0. The topological polar surface area (TPSA) is 12.0 Å². The van der Waals surface area contributed by atoms with Crippen LogP contribution in [0, 0.1) is 5.82 Å². The number of hydrogen-bond acceptors (Lipinski definition) is 2. The Kier molecular flexibility index (Phi) is 3.39. The van der Waals surface area contributed by atoms with Gasteiger partial charge in [-0.15, -0.1) is 0 Å². The summed E-state index contributed by atoms with van der Waals surface area (Å²) < 4.78 is 15.5. The Morgan fingerprint density at radius 1 is 1.36 bits per heavy atom. The van der Waals surface area contributed by atoms with Gasteiger partial charge in [0.1, 0.15) is 5.82 Å². The average Bonchev–Trinajstić information content (AvgIpc) is 2.04. The minimum absolute atomic E-state index is 0.189. The van der Waals surface area contributed by atoms with E-state index in [1.807, 2.05) is 6.92 Å². The van der Waals surface area contributed by atoms with Crippen LogP contribution in [0.4, 0.5) is 4.39 Å². The second-order valence-corrected chi connectivity index (χ2v) is 3.02. The highest BCUT2D eigenvalue weighted by Gasteiger charge is 1.91. The molecular formula is C8H10FNS. The van der Waals surface area contributed by atoms with Crippen LogP contribution in [0.15, 0.2) is 29.2 Å². The Morgan fingerprint density at radius 2 is 2.00 bits per heavy atom. The summed E-state index contributed by atoms with van der Waals surface area (Å²) in [5, 5.41) is 0. The molecule has 1 aromatic carbocycles.